The Bertz CT molecular complexity index is 380. The minimum Gasteiger partial charge on any atom is -0.381 e. The highest BCUT2D eigenvalue weighted by molar-refractivity contribution is 9.10. The number of ether oxygens (including phenoxy) is 2. The number of hydrogen-bond acceptors (Lipinski definition) is 5. The zero-order valence-electron chi connectivity index (χ0n) is 10.4. The van der Waals surface area contributed by atoms with Crippen LogP contribution < -0.4 is 11.3 Å². The van der Waals surface area contributed by atoms with E-state index in [1.54, 1.807) is 18.4 Å². The zero-order valence-corrected chi connectivity index (χ0v) is 12.9. The van der Waals surface area contributed by atoms with E-state index in [0.717, 1.165) is 36.9 Å². The van der Waals surface area contributed by atoms with Crippen LogP contribution in [0.5, 0.6) is 0 Å². The van der Waals surface area contributed by atoms with Crippen LogP contribution in [0.2, 0.25) is 0 Å². The first-order valence-corrected chi connectivity index (χ1v) is 7.70. The van der Waals surface area contributed by atoms with E-state index >= 15 is 0 Å². The van der Waals surface area contributed by atoms with E-state index in [4.69, 9.17) is 15.3 Å². The van der Waals surface area contributed by atoms with Crippen LogP contribution in [0.1, 0.15) is 17.7 Å². The summed E-state index contributed by atoms with van der Waals surface area (Å²) in [6, 6.07) is 2.16. The summed E-state index contributed by atoms with van der Waals surface area (Å²) in [6.07, 6.45) is 2.62. The van der Waals surface area contributed by atoms with Crippen LogP contribution in [0.15, 0.2) is 15.9 Å². The zero-order chi connectivity index (χ0) is 13.0. The van der Waals surface area contributed by atoms with Crippen molar-refractivity contribution < 1.29 is 9.47 Å². The van der Waals surface area contributed by atoms with Gasteiger partial charge in [0.25, 0.3) is 0 Å². The van der Waals surface area contributed by atoms with Crippen molar-refractivity contribution in [2.45, 2.75) is 30.9 Å². The molecular formula is C12H19BrN2O2S. The summed E-state index contributed by atoms with van der Waals surface area (Å²) in [4.78, 5) is 1.29. The minimum atomic E-state index is -0.226. The Labute approximate surface area is 120 Å². The van der Waals surface area contributed by atoms with Gasteiger partial charge >= 0.3 is 0 Å². The smallest absolute Gasteiger partial charge is 0.0891 e. The van der Waals surface area contributed by atoms with Crippen LogP contribution in [-0.2, 0) is 15.9 Å². The molecule has 0 saturated carbocycles. The third kappa shape index (κ3) is 2.95. The molecule has 0 aliphatic carbocycles. The lowest BCUT2D eigenvalue weighted by Crippen LogP contribution is -2.58. The quantitative estimate of drug-likeness (QED) is 0.639. The van der Waals surface area contributed by atoms with Crippen molar-refractivity contribution in [3.05, 3.63) is 20.8 Å². The van der Waals surface area contributed by atoms with Crippen molar-refractivity contribution in [3.8, 4) is 0 Å². The summed E-state index contributed by atoms with van der Waals surface area (Å²) in [7, 11) is 1.76. The van der Waals surface area contributed by atoms with Gasteiger partial charge in [0.15, 0.2) is 0 Å². The van der Waals surface area contributed by atoms with Crippen LogP contribution >= 0.6 is 27.3 Å². The van der Waals surface area contributed by atoms with Crippen LogP contribution in [0.4, 0.5) is 0 Å². The molecule has 0 radical (unpaired) electrons. The molecule has 1 fully saturated rings. The Balaban J connectivity index is 2.13. The van der Waals surface area contributed by atoms with Crippen LogP contribution in [0, 0.1) is 0 Å². The molecule has 1 aliphatic rings. The molecule has 6 heteroatoms. The molecule has 18 heavy (non-hydrogen) atoms. The number of halogens is 1. The van der Waals surface area contributed by atoms with Gasteiger partial charge in [-0.2, -0.15) is 0 Å². The number of hydrazine groups is 1. The van der Waals surface area contributed by atoms with Crippen LogP contribution in [0.25, 0.3) is 0 Å². The fourth-order valence-corrected chi connectivity index (χ4v) is 4.03. The fourth-order valence-electron chi connectivity index (χ4n) is 2.46. The van der Waals surface area contributed by atoms with E-state index in [2.05, 4.69) is 32.8 Å². The molecule has 3 N–H and O–H groups in total. The highest BCUT2D eigenvalue weighted by Gasteiger charge is 2.40. The molecule has 1 unspecified atom stereocenters. The molecule has 4 nitrogen and oxygen atoms in total. The maximum absolute atomic E-state index is 5.79. The fraction of sp³-hybridized carbons (Fsp3) is 0.667. The molecule has 0 aromatic carbocycles. The SMILES string of the molecule is COC1(C(Cc2sccc2Br)NN)CCOCC1. The Morgan fingerprint density at radius 1 is 1.61 bits per heavy atom. The third-order valence-electron chi connectivity index (χ3n) is 3.66. The molecule has 2 heterocycles. The summed E-state index contributed by atoms with van der Waals surface area (Å²) >= 11 is 5.30. The topological polar surface area (TPSA) is 56.5 Å². The van der Waals surface area contributed by atoms with Gasteiger partial charge in [0.1, 0.15) is 0 Å². The average molecular weight is 335 g/mol. The lowest BCUT2D eigenvalue weighted by molar-refractivity contribution is -0.110. The van der Waals surface area contributed by atoms with Gasteiger partial charge < -0.3 is 9.47 Å². The number of hydrogen-bond donors (Lipinski definition) is 2. The van der Waals surface area contributed by atoms with Gasteiger partial charge in [-0.15, -0.1) is 11.3 Å². The second-order valence-corrected chi connectivity index (χ2v) is 6.35. The lowest BCUT2D eigenvalue weighted by Gasteiger charge is -2.42. The van der Waals surface area contributed by atoms with Crippen molar-refractivity contribution >= 4 is 27.3 Å². The summed E-state index contributed by atoms with van der Waals surface area (Å²) < 4.78 is 12.4. The predicted octanol–water partition coefficient (Wildman–Crippen LogP) is 2.08. The Morgan fingerprint density at radius 2 is 2.33 bits per heavy atom. The van der Waals surface area contributed by atoms with Gasteiger partial charge in [0.05, 0.1) is 11.6 Å². The summed E-state index contributed by atoms with van der Waals surface area (Å²) in [5.41, 5.74) is 2.71. The van der Waals surface area contributed by atoms with Crippen LogP contribution in [-0.4, -0.2) is 32.0 Å². The van der Waals surface area contributed by atoms with Gasteiger partial charge in [0.2, 0.25) is 0 Å². The molecule has 1 saturated heterocycles. The maximum atomic E-state index is 5.79. The summed E-state index contributed by atoms with van der Waals surface area (Å²) in [6.45, 7) is 1.47. The van der Waals surface area contributed by atoms with E-state index in [0.29, 0.717) is 0 Å². The molecule has 102 valence electrons. The van der Waals surface area contributed by atoms with Crippen molar-refractivity contribution in [1.29, 1.82) is 0 Å². The molecule has 0 amide bonds. The first-order chi connectivity index (χ1) is 8.72. The normalized spacial score (nSPS) is 20.8. The summed E-state index contributed by atoms with van der Waals surface area (Å²) in [5, 5.41) is 2.08. The predicted molar refractivity (Wildman–Crippen MR) is 76.6 cm³/mol. The van der Waals surface area contributed by atoms with Crippen molar-refractivity contribution in [3.63, 3.8) is 0 Å². The van der Waals surface area contributed by atoms with Gasteiger partial charge in [-0.05, 0) is 27.4 Å². The number of nitrogens with two attached hydrogens (primary N) is 1. The largest absolute Gasteiger partial charge is 0.381 e. The number of rotatable bonds is 5. The van der Waals surface area contributed by atoms with Crippen molar-refractivity contribution in [1.82, 2.24) is 5.43 Å². The molecule has 1 aromatic rings. The van der Waals surface area contributed by atoms with Gasteiger partial charge in [-0.25, -0.2) is 0 Å². The van der Waals surface area contributed by atoms with E-state index in [1.807, 2.05) is 0 Å². The van der Waals surface area contributed by atoms with E-state index in [-0.39, 0.29) is 11.6 Å². The molecule has 0 spiro atoms. The Hall–Kier alpha value is 0.0200. The van der Waals surface area contributed by atoms with Gasteiger partial charge in [-0.3, -0.25) is 11.3 Å². The van der Waals surface area contributed by atoms with Crippen molar-refractivity contribution in [2.75, 3.05) is 20.3 Å². The highest BCUT2D eigenvalue weighted by atomic mass is 79.9. The van der Waals surface area contributed by atoms with Crippen molar-refractivity contribution in [2.24, 2.45) is 5.84 Å². The monoisotopic (exact) mass is 334 g/mol. The molecule has 2 rings (SSSR count). The van der Waals surface area contributed by atoms with Gasteiger partial charge in [-0.1, -0.05) is 0 Å². The second-order valence-electron chi connectivity index (χ2n) is 4.50. The van der Waals surface area contributed by atoms with E-state index in [1.165, 1.54) is 4.88 Å². The van der Waals surface area contributed by atoms with Crippen LogP contribution in [0.3, 0.4) is 0 Å². The number of methoxy groups -OCH3 is 1. The second kappa shape index (κ2) is 6.45. The Morgan fingerprint density at radius 3 is 2.83 bits per heavy atom. The standard InChI is InChI=1S/C12H19BrN2O2S/c1-16-12(3-5-17-6-4-12)11(15-14)8-10-9(13)2-7-18-10/h2,7,11,15H,3-6,8,14H2,1H3. The number of nitrogens with one attached hydrogen (secondary N) is 1. The molecule has 0 bridgehead atoms. The summed E-state index contributed by atoms with van der Waals surface area (Å²) in [5.74, 6) is 5.75. The first-order valence-electron chi connectivity index (χ1n) is 6.03. The van der Waals surface area contributed by atoms with E-state index in [9.17, 15) is 0 Å². The molecule has 1 aromatic heterocycles. The molecule has 1 aliphatic heterocycles. The van der Waals surface area contributed by atoms with Gasteiger partial charge in [0, 0.05) is 48.9 Å². The van der Waals surface area contributed by atoms with E-state index < -0.39 is 0 Å². The first kappa shape index (κ1) is 14.4. The third-order valence-corrected chi connectivity index (χ3v) is 5.61. The minimum absolute atomic E-state index is 0.0985. The lowest BCUT2D eigenvalue weighted by atomic mass is 9.84. The molecule has 1 atom stereocenters. The molecular weight excluding hydrogens is 316 g/mol. The maximum Gasteiger partial charge on any atom is 0.0891 e. The average Bonchev–Trinajstić information content (AvgIpc) is 2.82. The number of thiophene rings is 1. The Kier molecular flexibility index (Phi) is 5.17. The highest BCUT2D eigenvalue weighted by Crippen LogP contribution is 2.32.